The summed E-state index contributed by atoms with van der Waals surface area (Å²) in [6.07, 6.45) is -1.62. The quantitative estimate of drug-likeness (QED) is 0.821. The molecule has 6 nitrogen and oxygen atoms in total. The van der Waals surface area contributed by atoms with Gasteiger partial charge in [0, 0.05) is 0 Å². The monoisotopic (exact) mass is 236 g/mol. The Morgan fingerprint density at radius 3 is 2.76 bits per heavy atom. The van der Waals surface area contributed by atoms with Gasteiger partial charge in [-0.2, -0.15) is 5.06 Å². The average molecular weight is 236 g/mol. The number of hydrogen-bond donors (Lipinski definition) is 1. The number of benzene rings is 1. The number of carbonyl (C=O) groups is 2. The largest absolute Gasteiger partial charge is 0.434 e. The van der Waals surface area contributed by atoms with Crippen LogP contribution in [0.25, 0.3) is 0 Å². The van der Waals surface area contributed by atoms with E-state index in [-0.39, 0.29) is 13.2 Å². The fraction of sp³-hybridized carbons (Fsp3) is 0.273. The van der Waals surface area contributed by atoms with Crippen molar-refractivity contribution in [3.63, 3.8) is 0 Å². The highest BCUT2D eigenvalue weighted by atomic mass is 16.7. The van der Waals surface area contributed by atoms with Crippen LogP contribution >= 0.6 is 0 Å². The highest BCUT2D eigenvalue weighted by molar-refractivity contribution is 5.84. The van der Waals surface area contributed by atoms with Gasteiger partial charge < -0.3 is 10.5 Å². The van der Waals surface area contributed by atoms with Crippen LogP contribution in [0.3, 0.4) is 0 Å². The Morgan fingerprint density at radius 1 is 1.47 bits per heavy atom. The van der Waals surface area contributed by atoms with Crippen LogP contribution in [-0.2, 0) is 21.0 Å². The van der Waals surface area contributed by atoms with Gasteiger partial charge in [0.1, 0.15) is 6.61 Å². The summed E-state index contributed by atoms with van der Waals surface area (Å²) in [6, 6.07) is 9.36. The maximum Gasteiger partial charge on any atom is 0.434 e. The van der Waals surface area contributed by atoms with E-state index >= 15 is 0 Å². The number of cyclic esters (lactones) is 1. The molecule has 0 bridgehead atoms. The number of carbonyl (C=O) groups excluding carboxylic acids is 2. The molecule has 1 aromatic carbocycles. The first-order chi connectivity index (χ1) is 8.16. The molecule has 0 saturated carbocycles. The zero-order valence-electron chi connectivity index (χ0n) is 9.04. The Morgan fingerprint density at radius 2 is 2.18 bits per heavy atom. The summed E-state index contributed by atoms with van der Waals surface area (Å²) in [5, 5.41) is 1.00. The first-order valence-corrected chi connectivity index (χ1v) is 5.11. The normalized spacial score (nSPS) is 19.2. The lowest BCUT2D eigenvalue weighted by atomic mass is 10.2. The lowest BCUT2D eigenvalue weighted by molar-refractivity contribution is -0.128. The number of amides is 2. The molecule has 2 amide bonds. The van der Waals surface area contributed by atoms with Crippen molar-refractivity contribution in [2.75, 3.05) is 6.54 Å². The zero-order valence-corrected chi connectivity index (χ0v) is 9.04. The number of rotatable bonds is 4. The highest BCUT2D eigenvalue weighted by Crippen LogP contribution is 2.13. The second-order valence-electron chi connectivity index (χ2n) is 3.59. The summed E-state index contributed by atoms with van der Waals surface area (Å²) in [5.41, 5.74) is 5.95. The maximum atomic E-state index is 11.3. The Hall–Kier alpha value is -2.08. The minimum atomic E-state index is -0.932. The molecule has 0 spiro atoms. The van der Waals surface area contributed by atoms with Crippen molar-refractivity contribution in [3.05, 3.63) is 35.9 Å². The first-order valence-electron chi connectivity index (χ1n) is 5.11. The SMILES string of the molecule is NC(=O)C1CN(OCc2ccccc2)C(=O)O1. The van der Waals surface area contributed by atoms with E-state index in [1.54, 1.807) is 0 Å². The molecule has 1 saturated heterocycles. The van der Waals surface area contributed by atoms with Gasteiger partial charge in [-0.15, -0.1) is 0 Å². The molecular weight excluding hydrogens is 224 g/mol. The smallest absolute Gasteiger partial charge is 0.432 e. The van der Waals surface area contributed by atoms with Crippen molar-refractivity contribution in [3.8, 4) is 0 Å². The zero-order chi connectivity index (χ0) is 12.3. The topological polar surface area (TPSA) is 81.9 Å². The second-order valence-corrected chi connectivity index (χ2v) is 3.59. The van der Waals surface area contributed by atoms with Crippen LogP contribution in [-0.4, -0.2) is 29.7 Å². The third-order valence-corrected chi connectivity index (χ3v) is 2.33. The molecule has 1 aliphatic rings. The van der Waals surface area contributed by atoms with Crippen LogP contribution in [0.15, 0.2) is 30.3 Å². The van der Waals surface area contributed by atoms with Crippen molar-refractivity contribution in [2.24, 2.45) is 5.73 Å². The molecule has 1 fully saturated rings. The number of primary amides is 1. The van der Waals surface area contributed by atoms with E-state index in [1.807, 2.05) is 30.3 Å². The van der Waals surface area contributed by atoms with Gasteiger partial charge in [-0.25, -0.2) is 4.79 Å². The summed E-state index contributed by atoms with van der Waals surface area (Å²) < 4.78 is 4.71. The van der Waals surface area contributed by atoms with Crippen LogP contribution in [0.1, 0.15) is 5.56 Å². The predicted octanol–water partition coefficient (Wildman–Crippen LogP) is 0.424. The van der Waals surface area contributed by atoms with Gasteiger partial charge in [-0.1, -0.05) is 30.3 Å². The number of hydroxylamine groups is 2. The summed E-state index contributed by atoms with van der Waals surface area (Å²) in [7, 11) is 0. The van der Waals surface area contributed by atoms with Crippen molar-refractivity contribution < 1.29 is 19.2 Å². The molecule has 90 valence electrons. The third-order valence-electron chi connectivity index (χ3n) is 2.33. The standard InChI is InChI=1S/C11H12N2O4/c12-10(14)9-6-13(11(15)17-9)16-7-8-4-2-1-3-5-8/h1-5,9H,6-7H2,(H2,12,14). The van der Waals surface area contributed by atoms with Gasteiger partial charge in [0.25, 0.3) is 5.91 Å². The molecule has 0 radical (unpaired) electrons. The lowest BCUT2D eigenvalue weighted by Crippen LogP contribution is -2.32. The molecule has 1 aliphatic heterocycles. The highest BCUT2D eigenvalue weighted by Gasteiger charge is 2.35. The van der Waals surface area contributed by atoms with E-state index in [1.165, 1.54) is 0 Å². The molecule has 2 rings (SSSR count). The van der Waals surface area contributed by atoms with E-state index in [0.29, 0.717) is 0 Å². The predicted molar refractivity (Wildman–Crippen MR) is 57.4 cm³/mol. The molecule has 1 atom stereocenters. The summed E-state index contributed by atoms with van der Waals surface area (Å²) in [4.78, 5) is 27.3. The van der Waals surface area contributed by atoms with Gasteiger partial charge >= 0.3 is 6.09 Å². The molecular formula is C11H12N2O4. The van der Waals surface area contributed by atoms with Gasteiger partial charge in [0.15, 0.2) is 0 Å². The van der Waals surface area contributed by atoms with Crippen LogP contribution in [0, 0.1) is 0 Å². The Labute approximate surface area is 97.9 Å². The van der Waals surface area contributed by atoms with Crippen LogP contribution in [0.2, 0.25) is 0 Å². The molecule has 0 aromatic heterocycles. The molecule has 2 N–H and O–H groups in total. The fourth-order valence-electron chi connectivity index (χ4n) is 1.42. The minimum Gasteiger partial charge on any atom is -0.432 e. The molecule has 1 unspecified atom stereocenters. The van der Waals surface area contributed by atoms with Gasteiger partial charge in [0.2, 0.25) is 6.10 Å². The van der Waals surface area contributed by atoms with Crippen molar-refractivity contribution in [1.29, 1.82) is 0 Å². The number of hydrogen-bond acceptors (Lipinski definition) is 4. The van der Waals surface area contributed by atoms with Gasteiger partial charge in [0.05, 0.1) is 6.54 Å². The first kappa shape index (κ1) is 11.4. The summed E-state index contributed by atoms with van der Waals surface area (Å²) in [6.45, 7) is 0.266. The van der Waals surface area contributed by atoms with E-state index < -0.39 is 18.1 Å². The minimum absolute atomic E-state index is 0.0288. The molecule has 1 heterocycles. The van der Waals surface area contributed by atoms with E-state index in [2.05, 4.69) is 0 Å². The van der Waals surface area contributed by atoms with Crippen molar-refractivity contribution >= 4 is 12.0 Å². The van der Waals surface area contributed by atoms with Crippen molar-refractivity contribution in [2.45, 2.75) is 12.7 Å². The second kappa shape index (κ2) is 4.84. The maximum absolute atomic E-state index is 11.3. The summed E-state index contributed by atoms with van der Waals surface area (Å²) in [5.74, 6) is -0.677. The van der Waals surface area contributed by atoms with Crippen molar-refractivity contribution in [1.82, 2.24) is 5.06 Å². The molecule has 0 aliphatic carbocycles. The molecule has 17 heavy (non-hydrogen) atoms. The Kier molecular flexibility index (Phi) is 3.24. The lowest BCUT2D eigenvalue weighted by Gasteiger charge is -2.12. The molecule has 6 heteroatoms. The number of nitrogens with zero attached hydrogens (tertiary/aromatic N) is 1. The Balaban J connectivity index is 1.88. The van der Waals surface area contributed by atoms with E-state index in [4.69, 9.17) is 15.3 Å². The van der Waals surface area contributed by atoms with Crippen LogP contribution < -0.4 is 5.73 Å². The van der Waals surface area contributed by atoms with Crippen LogP contribution in [0.4, 0.5) is 4.79 Å². The molecule has 1 aromatic rings. The van der Waals surface area contributed by atoms with Gasteiger partial charge in [-0.05, 0) is 5.56 Å². The van der Waals surface area contributed by atoms with Gasteiger partial charge in [-0.3, -0.25) is 9.63 Å². The van der Waals surface area contributed by atoms with E-state index in [0.717, 1.165) is 10.6 Å². The van der Waals surface area contributed by atoms with E-state index in [9.17, 15) is 9.59 Å². The number of nitrogens with two attached hydrogens (primary N) is 1. The third kappa shape index (κ3) is 2.73. The number of ether oxygens (including phenoxy) is 1. The Bertz CT molecular complexity index is 421. The fourth-order valence-corrected chi connectivity index (χ4v) is 1.42. The van der Waals surface area contributed by atoms with Crippen LogP contribution in [0.5, 0.6) is 0 Å². The average Bonchev–Trinajstić information content (AvgIpc) is 2.70. The summed E-state index contributed by atoms with van der Waals surface area (Å²) >= 11 is 0.